The third-order valence-electron chi connectivity index (χ3n) is 4.79. The minimum atomic E-state index is -0.378. The van der Waals surface area contributed by atoms with E-state index in [1.165, 1.54) is 0 Å². The number of hydrogen-bond donors (Lipinski definition) is 1. The highest BCUT2D eigenvalue weighted by atomic mass is 16.2. The molecular weight excluding hydrogens is 314 g/mol. The Morgan fingerprint density at radius 1 is 1.24 bits per heavy atom. The molecule has 0 spiro atoms. The standard InChI is InChI=1S/C20H23N3O2/c1-3-23-18(24)12-17(19(23)16-10-5-4-8-14(16)2)20(25)22-13-15-9-6-7-11-21-15/h4-11,17,19H,3,12-13H2,1-2H3,(H,22,25)/t17-,19+/m1/s1. The molecule has 1 aliphatic rings. The zero-order valence-electron chi connectivity index (χ0n) is 14.6. The van der Waals surface area contributed by atoms with Gasteiger partial charge in [0.15, 0.2) is 0 Å². The van der Waals surface area contributed by atoms with Crippen LogP contribution in [0, 0.1) is 12.8 Å². The fourth-order valence-electron chi connectivity index (χ4n) is 3.51. The van der Waals surface area contributed by atoms with Gasteiger partial charge in [-0.05, 0) is 37.1 Å². The largest absolute Gasteiger partial charge is 0.350 e. The van der Waals surface area contributed by atoms with E-state index in [9.17, 15) is 9.59 Å². The second kappa shape index (κ2) is 7.47. The Bertz CT molecular complexity index is 761. The second-order valence-corrected chi connectivity index (χ2v) is 6.33. The van der Waals surface area contributed by atoms with Gasteiger partial charge in [0.1, 0.15) is 0 Å². The monoisotopic (exact) mass is 337 g/mol. The predicted octanol–water partition coefficient (Wildman–Crippen LogP) is 2.62. The van der Waals surface area contributed by atoms with Crippen LogP contribution in [0.15, 0.2) is 48.7 Å². The highest BCUT2D eigenvalue weighted by Gasteiger charge is 2.44. The molecule has 2 amide bonds. The van der Waals surface area contributed by atoms with Gasteiger partial charge in [-0.1, -0.05) is 30.3 Å². The first kappa shape index (κ1) is 17.1. The van der Waals surface area contributed by atoms with Crippen LogP contribution in [0.2, 0.25) is 0 Å². The first-order valence-corrected chi connectivity index (χ1v) is 8.64. The molecule has 1 aromatic heterocycles. The minimum absolute atomic E-state index is 0.0359. The number of carbonyl (C=O) groups is 2. The molecule has 25 heavy (non-hydrogen) atoms. The Labute approximate surface area is 148 Å². The van der Waals surface area contributed by atoms with Crippen LogP contribution in [0.25, 0.3) is 0 Å². The molecule has 0 unspecified atom stereocenters. The number of likely N-dealkylation sites (tertiary alicyclic amines) is 1. The van der Waals surface area contributed by atoms with Gasteiger partial charge in [-0.3, -0.25) is 14.6 Å². The number of hydrogen-bond acceptors (Lipinski definition) is 3. The lowest BCUT2D eigenvalue weighted by Gasteiger charge is -2.28. The van der Waals surface area contributed by atoms with Crippen molar-refractivity contribution in [2.75, 3.05) is 6.54 Å². The summed E-state index contributed by atoms with van der Waals surface area (Å²) in [5.41, 5.74) is 2.95. The van der Waals surface area contributed by atoms with Crippen LogP contribution >= 0.6 is 0 Å². The van der Waals surface area contributed by atoms with Crippen molar-refractivity contribution in [1.29, 1.82) is 0 Å². The molecule has 130 valence electrons. The molecule has 1 saturated heterocycles. The van der Waals surface area contributed by atoms with Crippen LogP contribution in [0.3, 0.4) is 0 Å². The number of pyridine rings is 1. The van der Waals surface area contributed by atoms with Gasteiger partial charge < -0.3 is 10.2 Å². The van der Waals surface area contributed by atoms with Gasteiger partial charge in [-0.15, -0.1) is 0 Å². The van der Waals surface area contributed by atoms with Crippen LogP contribution < -0.4 is 5.32 Å². The first-order valence-electron chi connectivity index (χ1n) is 8.64. The Kier molecular flexibility index (Phi) is 5.12. The Morgan fingerprint density at radius 3 is 2.68 bits per heavy atom. The molecule has 1 N–H and O–H groups in total. The molecule has 1 fully saturated rings. The third-order valence-corrected chi connectivity index (χ3v) is 4.79. The summed E-state index contributed by atoms with van der Waals surface area (Å²) in [6.07, 6.45) is 1.95. The summed E-state index contributed by atoms with van der Waals surface area (Å²) in [6, 6.07) is 13.4. The van der Waals surface area contributed by atoms with E-state index < -0.39 is 0 Å². The molecule has 1 aromatic carbocycles. The highest BCUT2D eigenvalue weighted by Crippen LogP contribution is 2.39. The molecule has 1 aliphatic heterocycles. The van der Waals surface area contributed by atoms with Gasteiger partial charge >= 0.3 is 0 Å². The van der Waals surface area contributed by atoms with Crippen molar-refractivity contribution in [3.05, 3.63) is 65.5 Å². The van der Waals surface area contributed by atoms with Crippen LogP contribution in [0.1, 0.15) is 36.2 Å². The smallest absolute Gasteiger partial charge is 0.226 e. The van der Waals surface area contributed by atoms with E-state index in [0.29, 0.717) is 13.1 Å². The molecule has 0 radical (unpaired) electrons. The fraction of sp³-hybridized carbons (Fsp3) is 0.350. The van der Waals surface area contributed by atoms with Gasteiger partial charge in [0.25, 0.3) is 0 Å². The molecule has 0 aliphatic carbocycles. The number of aryl methyl sites for hydroxylation is 1. The van der Waals surface area contributed by atoms with E-state index in [-0.39, 0.29) is 30.2 Å². The van der Waals surface area contributed by atoms with Crippen molar-refractivity contribution in [2.24, 2.45) is 5.92 Å². The lowest BCUT2D eigenvalue weighted by molar-refractivity contribution is -0.129. The molecule has 2 heterocycles. The number of carbonyl (C=O) groups excluding carboxylic acids is 2. The van der Waals surface area contributed by atoms with E-state index in [1.54, 1.807) is 6.20 Å². The molecule has 2 aromatic rings. The van der Waals surface area contributed by atoms with Crippen molar-refractivity contribution in [3.63, 3.8) is 0 Å². The summed E-state index contributed by atoms with van der Waals surface area (Å²) in [7, 11) is 0. The average molecular weight is 337 g/mol. The van der Waals surface area contributed by atoms with E-state index in [2.05, 4.69) is 10.3 Å². The topological polar surface area (TPSA) is 62.3 Å². The number of nitrogens with zero attached hydrogens (tertiary/aromatic N) is 2. The van der Waals surface area contributed by atoms with E-state index >= 15 is 0 Å². The van der Waals surface area contributed by atoms with Crippen molar-refractivity contribution in [2.45, 2.75) is 32.9 Å². The average Bonchev–Trinajstić information content (AvgIpc) is 2.97. The minimum Gasteiger partial charge on any atom is -0.350 e. The van der Waals surface area contributed by atoms with Gasteiger partial charge in [-0.25, -0.2) is 0 Å². The molecular formula is C20H23N3O2. The van der Waals surface area contributed by atoms with Gasteiger partial charge in [0, 0.05) is 19.2 Å². The second-order valence-electron chi connectivity index (χ2n) is 6.33. The number of benzene rings is 1. The number of aromatic nitrogens is 1. The van der Waals surface area contributed by atoms with Crippen molar-refractivity contribution < 1.29 is 9.59 Å². The van der Waals surface area contributed by atoms with Crippen molar-refractivity contribution in [3.8, 4) is 0 Å². The number of nitrogens with one attached hydrogen (secondary N) is 1. The van der Waals surface area contributed by atoms with Crippen LogP contribution in [0.5, 0.6) is 0 Å². The van der Waals surface area contributed by atoms with Crippen molar-refractivity contribution in [1.82, 2.24) is 15.2 Å². The quantitative estimate of drug-likeness (QED) is 0.912. The molecule has 2 atom stereocenters. The van der Waals surface area contributed by atoms with Crippen LogP contribution in [0.4, 0.5) is 0 Å². The van der Waals surface area contributed by atoms with Gasteiger partial charge in [0.05, 0.1) is 24.2 Å². The van der Waals surface area contributed by atoms with Gasteiger partial charge in [0.2, 0.25) is 11.8 Å². The number of rotatable bonds is 5. The van der Waals surface area contributed by atoms with E-state index in [0.717, 1.165) is 16.8 Å². The molecule has 5 heteroatoms. The maximum absolute atomic E-state index is 12.8. The SMILES string of the molecule is CCN1C(=O)C[C@@H](C(=O)NCc2ccccn2)[C@@H]1c1ccccc1C. The maximum atomic E-state index is 12.8. The summed E-state index contributed by atoms with van der Waals surface area (Å²) >= 11 is 0. The molecule has 0 saturated carbocycles. The fourth-order valence-corrected chi connectivity index (χ4v) is 3.51. The van der Waals surface area contributed by atoms with E-state index in [1.807, 2.05) is 61.2 Å². The highest BCUT2D eigenvalue weighted by molar-refractivity contribution is 5.90. The summed E-state index contributed by atoms with van der Waals surface area (Å²) in [5.74, 6) is -0.436. The van der Waals surface area contributed by atoms with Gasteiger partial charge in [-0.2, -0.15) is 0 Å². The lowest BCUT2D eigenvalue weighted by atomic mass is 9.90. The molecule has 5 nitrogen and oxygen atoms in total. The Hall–Kier alpha value is -2.69. The Morgan fingerprint density at radius 2 is 2.00 bits per heavy atom. The maximum Gasteiger partial charge on any atom is 0.226 e. The Balaban J connectivity index is 1.81. The summed E-state index contributed by atoms with van der Waals surface area (Å²) in [4.78, 5) is 31.3. The summed E-state index contributed by atoms with van der Waals surface area (Å²) in [6.45, 7) is 4.95. The van der Waals surface area contributed by atoms with Crippen LogP contribution in [-0.2, 0) is 16.1 Å². The normalized spacial score (nSPS) is 19.9. The summed E-state index contributed by atoms with van der Waals surface area (Å²) in [5, 5.41) is 2.94. The first-order chi connectivity index (χ1) is 12.1. The predicted molar refractivity (Wildman–Crippen MR) is 95.5 cm³/mol. The van der Waals surface area contributed by atoms with Crippen LogP contribution in [-0.4, -0.2) is 28.2 Å². The zero-order chi connectivity index (χ0) is 17.8. The zero-order valence-corrected chi connectivity index (χ0v) is 14.6. The lowest BCUT2D eigenvalue weighted by Crippen LogP contribution is -2.35. The number of amides is 2. The van der Waals surface area contributed by atoms with Crippen molar-refractivity contribution >= 4 is 11.8 Å². The molecule has 0 bridgehead atoms. The summed E-state index contributed by atoms with van der Waals surface area (Å²) < 4.78 is 0. The van der Waals surface area contributed by atoms with E-state index in [4.69, 9.17) is 0 Å². The third kappa shape index (κ3) is 3.55. The molecule has 3 rings (SSSR count).